The van der Waals surface area contributed by atoms with Gasteiger partial charge in [-0.2, -0.15) is 0 Å². The lowest BCUT2D eigenvalue weighted by atomic mass is 10.1. The summed E-state index contributed by atoms with van der Waals surface area (Å²) in [5.74, 6) is 0.806. The quantitative estimate of drug-likeness (QED) is 0.594. The van der Waals surface area contributed by atoms with E-state index in [0.717, 1.165) is 19.0 Å². The van der Waals surface area contributed by atoms with Crippen LogP contribution in [0.2, 0.25) is 0 Å². The van der Waals surface area contributed by atoms with Crippen LogP contribution in [-0.2, 0) is 0 Å². The van der Waals surface area contributed by atoms with E-state index < -0.39 is 0 Å². The van der Waals surface area contributed by atoms with Crippen molar-refractivity contribution in [2.24, 2.45) is 5.92 Å². The Balaban J connectivity index is 3.22. The zero-order valence-electron chi connectivity index (χ0n) is 9.85. The molecule has 0 aromatic rings. The predicted octanol–water partition coefficient (Wildman–Crippen LogP) is 2.01. The summed E-state index contributed by atoms with van der Waals surface area (Å²) < 4.78 is 0. The zero-order valence-corrected chi connectivity index (χ0v) is 9.85. The third-order valence-electron chi connectivity index (χ3n) is 1.97. The molecular formula is C11H26N2. The molecule has 0 fully saturated rings. The predicted molar refractivity (Wildman–Crippen MR) is 60.1 cm³/mol. The highest BCUT2D eigenvalue weighted by Crippen LogP contribution is 1.96. The van der Waals surface area contributed by atoms with E-state index in [1.807, 2.05) is 0 Å². The first-order chi connectivity index (χ1) is 6.02. The largest absolute Gasteiger partial charge is 0.315 e. The third-order valence-corrected chi connectivity index (χ3v) is 1.97. The highest BCUT2D eigenvalue weighted by atomic mass is 15.0. The summed E-state index contributed by atoms with van der Waals surface area (Å²) in [6.45, 7) is 13.3. The molecular weight excluding hydrogens is 160 g/mol. The number of rotatable bonds is 7. The molecule has 0 rings (SSSR count). The Hall–Kier alpha value is -0.0800. The number of hydrogen-bond acceptors (Lipinski definition) is 2. The summed E-state index contributed by atoms with van der Waals surface area (Å²) in [6, 6.07) is 1.16. The van der Waals surface area contributed by atoms with Gasteiger partial charge < -0.3 is 10.6 Å². The molecule has 2 N–H and O–H groups in total. The molecule has 0 aromatic heterocycles. The minimum absolute atomic E-state index is 0.576. The van der Waals surface area contributed by atoms with E-state index in [1.54, 1.807) is 0 Å². The third kappa shape index (κ3) is 9.84. The van der Waals surface area contributed by atoms with Gasteiger partial charge in [0.25, 0.3) is 0 Å². The fraction of sp³-hybridized carbons (Fsp3) is 1.00. The first kappa shape index (κ1) is 12.9. The van der Waals surface area contributed by atoms with Crippen LogP contribution in [0.1, 0.15) is 41.0 Å². The molecule has 80 valence electrons. The van der Waals surface area contributed by atoms with Crippen LogP contribution in [0, 0.1) is 5.92 Å². The maximum atomic E-state index is 3.47. The summed E-state index contributed by atoms with van der Waals surface area (Å²) in [4.78, 5) is 0. The van der Waals surface area contributed by atoms with Crippen LogP contribution in [0.25, 0.3) is 0 Å². The van der Waals surface area contributed by atoms with Crippen molar-refractivity contribution in [3.8, 4) is 0 Å². The Labute approximate surface area is 83.5 Å². The average Bonchev–Trinajstić information content (AvgIpc) is 1.96. The Morgan fingerprint density at radius 3 is 2.08 bits per heavy atom. The van der Waals surface area contributed by atoms with E-state index in [2.05, 4.69) is 45.3 Å². The van der Waals surface area contributed by atoms with Gasteiger partial charge in [-0.15, -0.1) is 0 Å². The molecule has 0 saturated carbocycles. The van der Waals surface area contributed by atoms with E-state index in [1.165, 1.54) is 6.42 Å². The van der Waals surface area contributed by atoms with Crippen LogP contribution in [0.5, 0.6) is 0 Å². The van der Waals surface area contributed by atoms with E-state index in [0.29, 0.717) is 12.1 Å². The van der Waals surface area contributed by atoms with Crippen LogP contribution in [0.15, 0.2) is 0 Å². The van der Waals surface area contributed by atoms with Crippen LogP contribution >= 0.6 is 0 Å². The van der Waals surface area contributed by atoms with Crippen LogP contribution < -0.4 is 10.6 Å². The molecule has 0 saturated heterocycles. The average molecular weight is 186 g/mol. The Morgan fingerprint density at radius 1 is 1.00 bits per heavy atom. The van der Waals surface area contributed by atoms with Gasteiger partial charge in [0.05, 0.1) is 0 Å². The molecule has 0 amide bonds. The summed E-state index contributed by atoms with van der Waals surface area (Å²) >= 11 is 0. The van der Waals surface area contributed by atoms with Gasteiger partial charge in [0.15, 0.2) is 0 Å². The monoisotopic (exact) mass is 186 g/mol. The van der Waals surface area contributed by atoms with E-state index in [9.17, 15) is 0 Å². The van der Waals surface area contributed by atoms with Crippen molar-refractivity contribution in [1.29, 1.82) is 0 Å². The van der Waals surface area contributed by atoms with Crippen molar-refractivity contribution < 1.29 is 0 Å². The van der Waals surface area contributed by atoms with Gasteiger partial charge in [0.2, 0.25) is 0 Å². The second-order valence-electron chi connectivity index (χ2n) is 4.61. The Bertz CT molecular complexity index is 111. The van der Waals surface area contributed by atoms with Gasteiger partial charge in [-0.05, 0) is 25.8 Å². The summed E-state index contributed by atoms with van der Waals surface area (Å²) in [5.41, 5.74) is 0. The van der Waals surface area contributed by atoms with Gasteiger partial charge >= 0.3 is 0 Å². The van der Waals surface area contributed by atoms with E-state index >= 15 is 0 Å². The molecule has 0 radical (unpaired) electrons. The lowest BCUT2D eigenvalue weighted by Gasteiger charge is -2.17. The summed E-state index contributed by atoms with van der Waals surface area (Å²) in [5, 5.41) is 6.93. The normalized spacial score (nSPS) is 14.1. The second-order valence-corrected chi connectivity index (χ2v) is 4.61. The number of hydrogen-bond donors (Lipinski definition) is 2. The summed E-state index contributed by atoms with van der Waals surface area (Å²) in [6.07, 6.45) is 1.27. The van der Waals surface area contributed by atoms with Crippen molar-refractivity contribution in [2.75, 3.05) is 13.1 Å². The van der Waals surface area contributed by atoms with Crippen molar-refractivity contribution >= 4 is 0 Å². The summed E-state index contributed by atoms with van der Waals surface area (Å²) in [7, 11) is 0. The standard InChI is InChI=1S/C11H26N2/c1-9(2)6-7-12-8-11(5)13-10(3)4/h9-13H,6-8H2,1-5H3. The van der Waals surface area contributed by atoms with Crippen LogP contribution in [0.3, 0.4) is 0 Å². The topological polar surface area (TPSA) is 24.1 Å². The lowest BCUT2D eigenvalue weighted by Crippen LogP contribution is -2.40. The molecule has 2 nitrogen and oxygen atoms in total. The molecule has 13 heavy (non-hydrogen) atoms. The highest BCUT2D eigenvalue weighted by Gasteiger charge is 2.02. The molecule has 0 spiro atoms. The van der Waals surface area contributed by atoms with E-state index in [4.69, 9.17) is 0 Å². The first-order valence-electron chi connectivity index (χ1n) is 5.49. The molecule has 1 unspecified atom stereocenters. The van der Waals surface area contributed by atoms with Gasteiger partial charge in [0, 0.05) is 18.6 Å². The fourth-order valence-corrected chi connectivity index (χ4v) is 1.34. The molecule has 0 aliphatic rings. The van der Waals surface area contributed by atoms with Crippen molar-refractivity contribution in [1.82, 2.24) is 10.6 Å². The minimum Gasteiger partial charge on any atom is -0.315 e. The van der Waals surface area contributed by atoms with Crippen molar-refractivity contribution in [3.05, 3.63) is 0 Å². The fourth-order valence-electron chi connectivity index (χ4n) is 1.34. The molecule has 0 aliphatic heterocycles. The zero-order chi connectivity index (χ0) is 10.3. The van der Waals surface area contributed by atoms with Gasteiger partial charge in [0.1, 0.15) is 0 Å². The lowest BCUT2D eigenvalue weighted by molar-refractivity contribution is 0.447. The molecule has 0 heterocycles. The molecule has 0 aromatic carbocycles. The second kappa shape index (κ2) is 7.34. The Kier molecular flexibility index (Phi) is 7.29. The van der Waals surface area contributed by atoms with Crippen molar-refractivity contribution in [3.63, 3.8) is 0 Å². The Morgan fingerprint density at radius 2 is 1.62 bits per heavy atom. The van der Waals surface area contributed by atoms with Gasteiger partial charge in [-0.25, -0.2) is 0 Å². The molecule has 1 atom stereocenters. The molecule has 2 heteroatoms. The number of nitrogens with one attached hydrogen (secondary N) is 2. The SMILES string of the molecule is CC(C)CCNCC(C)NC(C)C. The maximum Gasteiger partial charge on any atom is 0.0166 e. The molecule has 0 aliphatic carbocycles. The first-order valence-corrected chi connectivity index (χ1v) is 5.49. The van der Waals surface area contributed by atoms with E-state index in [-0.39, 0.29) is 0 Å². The van der Waals surface area contributed by atoms with Crippen LogP contribution in [0.4, 0.5) is 0 Å². The molecule has 0 bridgehead atoms. The van der Waals surface area contributed by atoms with Gasteiger partial charge in [-0.1, -0.05) is 27.7 Å². The van der Waals surface area contributed by atoms with Crippen LogP contribution in [-0.4, -0.2) is 25.2 Å². The highest BCUT2D eigenvalue weighted by molar-refractivity contribution is 4.66. The maximum absolute atomic E-state index is 3.47. The van der Waals surface area contributed by atoms with Crippen molar-refractivity contribution in [2.45, 2.75) is 53.1 Å². The smallest absolute Gasteiger partial charge is 0.0166 e. The minimum atomic E-state index is 0.576. The van der Waals surface area contributed by atoms with Gasteiger partial charge in [-0.3, -0.25) is 0 Å².